The molecule has 2 N–H and O–H groups in total. The maximum atomic E-state index is 9.57. The van der Waals surface area contributed by atoms with E-state index in [1.807, 2.05) is 0 Å². The Labute approximate surface area is 210 Å². The number of hydrogen-bond acceptors (Lipinski definition) is 5. The molecule has 4 aromatic rings. The average molecular weight is 638 g/mol. The fraction of sp³-hybridized carbons (Fsp3) is 0.0400. The fourth-order valence-electron chi connectivity index (χ4n) is 3.74. The van der Waals surface area contributed by atoms with Gasteiger partial charge >= 0.3 is 211 Å². The van der Waals surface area contributed by atoms with Gasteiger partial charge in [0.2, 0.25) is 0 Å². The number of benzene rings is 4. The third kappa shape index (κ3) is 8.17. The molecule has 0 saturated carbocycles. The number of rotatable bonds is 7. The Balaban J connectivity index is 0.000000327. The van der Waals surface area contributed by atoms with E-state index in [0.717, 1.165) is 5.21 Å². The SMILES string of the molecule is O=P(O)(O)[O][Mo](=[O])(=[O])[O-].c1ccc(C[As+](c2ccccc2)(c2ccccc2)c2ccccc2)cc1. The Kier molecular flexibility index (Phi) is 9.52. The topological polar surface area (TPSA) is 124 Å². The van der Waals surface area contributed by atoms with Gasteiger partial charge in [0, 0.05) is 0 Å². The molecular formula is C25H24AsMoO7P. The van der Waals surface area contributed by atoms with Crippen LogP contribution in [0, 0.1) is 0 Å². The first-order valence-corrected chi connectivity index (χ1v) is 19.4. The van der Waals surface area contributed by atoms with Crippen molar-refractivity contribution in [3.63, 3.8) is 0 Å². The van der Waals surface area contributed by atoms with Crippen LogP contribution in [-0.2, 0) is 36.5 Å². The first-order chi connectivity index (χ1) is 16.6. The molecule has 0 unspecified atom stereocenters. The molecule has 0 fully saturated rings. The van der Waals surface area contributed by atoms with E-state index in [0.29, 0.717) is 0 Å². The normalized spacial score (nSPS) is 11.9. The number of hydrogen-bond donors (Lipinski definition) is 2. The Hall–Kier alpha value is -2.20. The van der Waals surface area contributed by atoms with Crippen LogP contribution >= 0.6 is 7.82 Å². The molecule has 0 atom stereocenters. The molecule has 4 aromatic carbocycles. The third-order valence-corrected chi connectivity index (χ3v) is 17.4. The Morgan fingerprint density at radius 3 is 1.23 bits per heavy atom. The molecule has 0 amide bonds. The second kappa shape index (κ2) is 12.2. The summed E-state index contributed by atoms with van der Waals surface area (Å²) in [4.78, 5) is 15.4. The molecule has 7 nitrogen and oxygen atoms in total. The van der Waals surface area contributed by atoms with Crippen LogP contribution < -0.4 is 16.8 Å². The molecule has 0 spiro atoms. The van der Waals surface area contributed by atoms with Gasteiger partial charge in [0.15, 0.2) is 0 Å². The second-order valence-electron chi connectivity index (χ2n) is 7.43. The van der Waals surface area contributed by atoms with E-state index >= 15 is 0 Å². The van der Waals surface area contributed by atoms with Gasteiger partial charge in [-0.05, 0) is 0 Å². The molecule has 0 aliphatic heterocycles. The van der Waals surface area contributed by atoms with Gasteiger partial charge in [-0.3, -0.25) is 0 Å². The van der Waals surface area contributed by atoms with Crippen molar-refractivity contribution in [1.82, 2.24) is 0 Å². The molecule has 0 aromatic heterocycles. The van der Waals surface area contributed by atoms with Crippen molar-refractivity contribution in [2.75, 3.05) is 0 Å². The Morgan fingerprint density at radius 1 is 0.657 bits per heavy atom. The van der Waals surface area contributed by atoms with E-state index in [1.54, 1.807) is 0 Å². The summed E-state index contributed by atoms with van der Waals surface area (Å²) in [5, 5.41) is 1.09. The van der Waals surface area contributed by atoms with Crippen LogP contribution in [-0.4, -0.2) is 23.3 Å². The van der Waals surface area contributed by atoms with Crippen molar-refractivity contribution in [1.29, 1.82) is 0 Å². The third-order valence-electron chi connectivity index (χ3n) is 5.04. The molecule has 10 heteroatoms. The monoisotopic (exact) mass is 640 g/mol. The average Bonchev–Trinajstić information content (AvgIpc) is 2.83. The molecule has 0 radical (unpaired) electrons. The zero-order valence-corrected chi connectivity index (χ0v) is 23.3. The molecule has 0 aliphatic rings. The summed E-state index contributed by atoms with van der Waals surface area (Å²) < 4.78 is 45.3. The van der Waals surface area contributed by atoms with Gasteiger partial charge in [-0.2, -0.15) is 0 Å². The molecule has 182 valence electrons. The van der Waals surface area contributed by atoms with Gasteiger partial charge in [-0.25, -0.2) is 0 Å². The van der Waals surface area contributed by atoms with Crippen molar-refractivity contribution < 1.29 is 44.8 Å². The molecule has 0 heterocycles. The van der Waals surface area contributed by atoms with Gasteiger partial charge in [0.05, 0.1) is 0 Å². The first kappa shape index (κ1) is 27.4. The van der Waals surface area contributed by atoms with Crippen LogP contribution in [0.1, 0.15) is 5.56 Å². The molecule has 35 heavy (non-hydrogen) atoms. The zero-order valence-electron chi connectivity index (χ0n) is 18.5. The molecular weight excluding hydrogens is 614 g/mol. The van der Waals surface area contributed by atoms with Crippen LogP contribution in [0.3, 0.4) is 0 Å². The van der Waals surface area contributed by atoms with Crippen LogP contribution in [0.5, 0.6) is 0 Å². The van der Waals surface area contributed by atoms with Crippen molar-refractivity contribution in [2.45, 2.75) is 5.21 Å². The van der Waals surface area contributed by atoms with E-state index in [4.69, 9.17) is 9.79 Å². The van der Waals surface area contributed by atoms with E-state index in [2.05, 4.69) is 125 Å². The Bertz CT molecular complexity index is 1250. The molecule has 0 saturated heterocycles. The molecule has 0 bridgehead atoms. The van der Waals surface area contributed by atoms with Gasteiger partial charge in [-0.1, -0.05) is 0 Å². The van der Waals surface area contributed by atoms with Crippen LogP contribution in [0.15, 0.2) is 121 Å². The van der Waals surface area contributed by atoms with Crippen molar-refractivity contribution in [3.05, 3.63) is 127 Å². The van der Waals surface area contributed by atoms with Gasteiger partial charge in [0.25, 0.3) is 0 Å². The number of phosphoric acid groups is 1. The van der Waals surface area contributed by atoms with Gasteiger partial charge in [-0.15, -0.1) is 0 Å². The molecule has 0 aliphatic carbocycles. The van der Waals surface area contributed by atoms with E-state index in [-0.39, 0.29) is 0 Å². The zero-order chi connectivity index (χ0) is 25.4. The van der Waals surface area contributed by atoms with Crippen LogP contribution in [0.2, 0.25) is 0 Å². The quantitative estimate of drug-likeness (QED) is 0.235. The maximum absolute atomic E-state index is 9.57. The summed E-state index contributed by atoms with van der Waals surface area (Å²) in [5.41, 5.74) is 1.41. The molecule has 4 rings (SSSR count). The van der Waals surface area contributed by atoms with E-state index in [9.17, 15) is 15.1 Å². The first-order valence-electron chi connectivity index (χ1n) is 10.4. The summed E-state index contributed by atoms with van der Waals surface area (Å²) in [6, 6.07) is 44.4. The summed E-state index contributed by atoms with van der Waals surface area (Å²) in [5.74, 6) is 0. The predicted octanol–water partition coefficient (Wildman–Crippen LogP) is 2.07. The minimum atomic E-state index is -6.28. The van der Waals surface area contributed by atoms with Gasteiger partial charge in [0.1, 0.15) is 0 Å². The van der Waals surface area contributed by atoms with Crippen molar-refractivity contribution in [2.24, 2.45) is 0 Å². The summed E-state index contributed by atoms with van der Waals surface area (Å²) in [6.45, 7) is 0. The summed E-state index contributed by atoms with van der Waals surface area (Å²) in [7, 11) is -5.14. The minimum absolute atomic E-state index is 1.09. The van der Waals surface area contributed by atoms with E-state index in [1.165, 1.54) is 18.6 Å². The van der Waals surface area contributed by atoms with Crippen LogP contribution in [0.4, 0.5) is 0 Å². The van der Waals surface area contributed by atoms with Crippen molar-refractivity contribution in [3.8, 4) is 0 Å². The van der Waals surface area contributed by atoms with Gasteiger partial charge < -0.3 is 0 Å². The predicted molar refractivity (Wildman–Crippen MR) is 129 cm³/mol. The summed E-state index contributed by atoms with van der Waals surface area (Å²) in [6.07, 6.45) is 0. The second-order valence-corrected chi connectivity index (χ2v) is 19.0. The van der Waals surface area contributed by atoms with Crippen molar-refractivity contribution >= 4 is 34.4 Å². The Morgan fingerprint density at radius 2 is 0.971 bits per heavy atom. The summed E-state index contributed by atoms with van der Waals surface area (Å²) >= 11 is -8.90. The van der Waals surface area contributed by atoms with E-state index < -0.39 is 38.1 Å². The van der Waals surface area contributed by atoms with Crippen LogP contribution in [0.25, 0.3) is 0 Å². The standard InChI is InChI=1S/C25H22As.Mo.H3O4P.3O/c1-5-13-22(14-6-1)21-26(23-15-7-2-8-16-23,24-17-9-3-10-18-24)25-19-11-4-12-20-25;;1-5(2,3)4;;;/h1-20H,21H2;;(H3,1,2,3,4);;;/q2*+1;;;;-1/p-1. The fourth-order valence-corrected chi connectivity index (χ4v) is 14.6.